The van der Waals surface area contributed by atoms with Crippen LogP contribution in [0.25, 0.3) is 0 Å². The molecule has 0 aliphatic carbocycles. The molecule has 126 valence electrons. The highest BCUT2D eigenvalue weighted by Crippen LogP contribution is 2.28. The number of hydrogen-bond acceptors (Lipinski definition) is 4. The lowest BCUT2D eigenvalue weighted by molar-refractivity contribution is -0.116. The molecule has 2 rings (SSSR count). The minimum atomic E-state index is -0.0830. The molecule has 2 aromatic carbocycles. The Kier molecular flexibility index (Phi) is 5.95. The molecule has 2 aromatic rings. The van der Waals surface area contributed by atoms with Gasteiger partial charge in [-0.15, -0.1) is 0 Å². The molecule has 0 radical (unpaired) electrons. The molecule has 0 unspecified atom stereocenters. The van der Waals surface area contributed by atoms with Crippen LogP contribution in [0, 0.1) is 0 Å². The highest BCUT2D eigenvalue weighted by Gasteiger charge is 2.08. The fraction of sp³-hybridized carbons (Fsp3) is 0.263. The molecule has 0 saturated heterocycles. The van der Waals surface area contributed by atoms with Crippen LogP contribution in [-0.2, 0) is 11.2 Å². The van der Waals surface area contributed by atoms with E-state index in [4.69, 9.17) is 9.47 Å². The number of rotatable bonds is 7. The van der Waals surface area contributed by atoms with E-state index in [0.29, 0.717) is 35.6 Å². The molecule has 0 aliphatic heterocycles. The van der Waals surface area contributed by atoms with Gasteiger partial charge in [0.15, 0.2) is 17.3 Å². The Morgan fingerprint density at radius 1 is 0.958 bits per heavy atom. The summed E-state index contributed by atoms with van der Waals surface area (Å²) >= 11 is 0. The van der Waals surface area contributed by atoms with Gasteiger partial charge in [0, 0.05) is 17.7 Å². The molecule has 5 heteroatoms. The lowest BCUT2D eigenvalue weighted by Crippen LogP contribution is -2.12. The van der Waals surface area contributed by atoms with Gasteiger partial charge in [-0.25, -0.2) is 0 Å². The number of anilines is 1. The topological polar surface area (TPSA) is 64.6 Å². The molecule has 0 aromatic heterocycles. The average Bonchev–Trinajstić information content (AvgIpc) is 2.60. The summed E-state index contributed by atoms with van der Waals surface area (Å²) in [7, 11) is 3.17. The Morgan fingerprint density at radius 2 is 1.62 bits per heavy atom. The van der Waals surface area contributed by atoms with Crippen LogP contribution in [0.2, 0.25) is 0 Å². The number of amides is 1. The monoisotopic (exact) mass is 327 g/mol. The maximum atomic E-state index is 12.0. The summed E-state index contributed by atoms with van der Waals surface area (Å²) in [5.74, 6) is 1.23. The number of benzene rings is 2. The van der Waals surface area contributed by atoms with E-state index in [-0.39, 0.29) is 11.7 Å². The average molecular weight is 327 g/mol. The zero-order valence-electron chi connectivity index (χ0n) is 14.1. The van der Waals surface area contributed by atoms with Gasteiger partial charge in [-0.1, -0.05) is 6.07 Å². The first kappa shape index (κ1) is 17.5. The van der Waals surface area contributed by atoms with Crippen LogP contribution in [0.1, 0.15) is 29.3 Å². The third kappa shape index (κ3) is 4.59. The van der Waals surface area contributed by atoms with Gasteiger partial charge in [-0.3, -0.25) is 9.59 Å². The Hall–Kier alpha value is -2.82. The van der Waals surface area contributed by atoms with E-state index in [2.05, 4.69) is 5.32 Å². The van der Waals surface area contributed by atoms with E-state index in [1.807, 2.05) is 18.2 Å². The predicted molar refractivity (Wildman–Crippen MR) is 92.9 cm³/mol. The smallest absolute Gasteiger partial charge is 0.224 e. The van der Waals surface area contributed by atoms with Gasteiger partial charge in [-0.2, -0.15) is 0 Å². The van der Waals surface area contributed by atoms with Crippen molar-refractivity contribution in [3.05, 3.63) is 53.6 Å². The largest absolute Gasteiger partial charge is 0.493 e. The third-order valence-corrected chi connectivity index (χ3v) is 3.66. The predicted octanol–water partition coefficient (Wildman–Crippen LogP) is 3.48. The fourth-order valence-corrected chi connectivity index (χ4v) is 2.31. The number of ketones is 1. The molecule has 24 heavy (non-hydrogen) atoms. The highest BCUT2D eigenvalue weighted by molar-refractivity contribution is 5.95. The summed E-state index contributed by atoms with van der Waals surface area (Å²) in [6.07, 6.45) is 0.946. The number of carbonyl (C=O) groups excluding carboxylic acids is 2. The summed E-state index contributed by atoms with van der Waals surface area (Å²) in [5, 5.41) is 2.82. The maximum absolute atomic E-state index is 12.0. The first-order valence-corrected chi connectivity index (χ1v) is 7.65. The van der Waals surface area contributed by atoms with E-state index < -0.39 is 0 Å². The molecule has 1 amide bonds. The molecule has 1 N–H and O–H groups in total. The summed E-state index contributed by atoms with van der Waals surface area (Å²) < 4.78 is 10.5. The van der Waals surface area contributed by atoms with Crippen LogP contribution >= 0.6 is 0 Å². The Morgan fingerprint density at radius 3 is 2.21 bits per heavy atom. The van der Waals surface area contributed by atoms with Crippen molar-refractivity contribution in [3.63, 3.8) is 0 Å². The molecule has 0 aliphatic rings. The van der Waals surface area contributed by atoms with Crippen LogP contribution in [0.3, 0.4) is 0 Å². The molecule has 0 saturated carbocycles. The van der Waals surface area contributed by atoms with Crippen molar-refractivity contribution in [2.24, 2.45) is 0 Å². The van der Waals surface area contributed by atoms with E-state index in [0.717, 1.165) is 5.56 Å². The van der Waals surface area contributed by atoms with Gasteiger partial charge < -0.3 is 14.8 Å². The molecule has 5 nitrogen and oxygen atoms in total. The van der Waals surface area contributed by atoms with Gasteiger partial charge in [0.2, 0.25) is 5.91 Å². The van der Waals surface area contributed by atoms with Crippen molar-refractivity contribution < 1.29 is 19.1 Å². The Labute approximate surface area is 141 Å². The number of nitrogens with one attached hydrogen (secondary N) is 1. The van der Waals surface area contributed by atoms with Crippen LogP contribution in [0.4, 0.5) is 5.69 Å². The van der Waals surface area contributed by atoms with Crippen molar-refractivity contribution in [3.8, 4) is 11.5 Å². The molecular weight excluding hydrogens is 306 g/mol. The third-order valence-electron chi connectivity index (χ3n) is 3.66. The second-order valence-corrected chi connectivity index (χ2v) is 5.37. The highest BCUT2D eigenvalue weighted by atomic mass is 16.5. The number of ether oxygens (including phenoxy) is 2. The SMILES string of the molecule is COc1ccc(CCC(=O)Nc2ccc(C(C)=O)cc2)cc1OC. The second kappa shape index (κ2) is 8.15. The zero-order chi connectivity index (χ0) is 17.5. The van der Waals surface area contributed by atoms with E-state index in [1.165, 1.54) is 6.92 Å². The lowest BCUT2D eigenvalue weighted by Gasteiger charge is -2.10. The number of aryl methyl sites for hydroxylation is 1. The summed E-state index contributed by atoms with van der Waals surface area (Å²) in [6.45, 7) is 1.51. The van der Waals surface area contributed by atoms with Gasteiger partial charge in [0.25, 0.3) is 0 Å². The van der Waals surface area contributed by atoms with E-state index in [9.17, 15) is 9.59 Å². The normalized spacial score (nSPS) is 10.1. The molecule has 0 bridgehead atoms. The Bertz CT molecular complexity index is 723. The van der Waals surface area contributed by atoms with Crippen LogP contribution in [0.15, 0.2) is 42.5 Å². The molecule has 0 spiro atoms. The Balaban J connectivity index is 1.92. The minimum Gasteiger partial charge on any atom is -0.493 e. The molecule has 0 heterocycles. The van der Waals surface area contributed by atoms with Crippen molar-refractivity contribution in [2.45, 2.75) is 19.8 Å². The quantitative estimate of drug-likeness (QED) is 0.791. The number of Topliss-reactive ketones (excluding diaryl/α,β-unsaturated/α-hetero) is 1. The van der Waals surface area contributed by atoms with Crippen molar-refractivity contribution in [2.75, 3.05) is 19.5 Å². The van der Waals surface area contributed by atoms with Gasteiger partial charge in [0.1, 0.15) is 0 Å². The van der Waals surface area contributed by atoms with E-state index >= 15 is 0 Å². The first-order chi connectivity index (χ1) is 11.5. The molecule has 0 fully saturated rings. The first-order valence-electron chi connectivity index (χ1n) is 7.65. The van der Waals surface area contributed by atoms with Crippen LogP contribution < -0.4 is 14.8 Å². The summed E-state index contributed by atoms with van der Waals surface area (Å²) in [6, 6.07) is 12.5. The second-order valence-electron chi connectivity index (χ2n) is 5.37. The number of carbonyl (C=O) groups is 2. The van der Waals surface area contributed by atoms with Gasteiger partial charge >= 0.3 is 0 Å². The van der Waals surface area contributed by atoms with Crippen molar-refractivity contribution in [1.29, 1.82) is 0 Å². The van der Waals surface area contributed by atoms with Crippen molar-refractivity contribution in [1.82, 2.24) is 0 Å². The number of methoxy groups -OCH3 is 2. The molecular formula is C19H21NO4. The molecule has 0 atom stereocenters. The fourth-order valence-electron chi connectivity index (χ4n) is 2.31. The summed E-state index contributed by atoms with van der Waals surface area (Å²) in [4.78, 5) is 23.3. The van der Waals surface area contributed by atoms with E-state index in [1.54, 1.807) is 38.5 Å². The standard InChI is InChI=1S/C19H21NO4/c1-13(21)15-6-8-16(9-7-15)20-19(22)11-5-14-4-10-17(23-2)18(12-14)24-3/h4,6-10,12H,5,11H2,1-3H3,(H,20,22). The summed E-state index contributed by atoms with van der Waals surface area (Å²) in [5.41, 5.74) is 2.30. The lowest BCUT2D eigenvalue weighted by atomic mass is 10.1. The van der Waals surface area contributed by atoms with Crippen LogP contribution in [-0.4, -0.2) is 25.9 Å². The van der Waals surface area contributed by atoms with Crippen LogP contribution in [0.5, 0.6) is 11.5 Å². The maximum Gasteiger partial charge on any atom is 0.224 e. The zero-order valence-corrected chi connectivity index (χ0v) is 14.1. The van der Waals surface area contributed by atoms with Gasteiger partial charge in [-0.05, 0) is 55.3 Å². The minimum absolute atomic E-state index is 0.00123. The number of hydrogen-bond donors (Lipinski definition) is 1. The van der Waals surface area contributed by atoms with Gasteiger partial charge in [0.05, 0.1) is 14.2 Å². The van der Waals surface area contributed by atoms with Crippen molar-refractivity contribution >= 4 is 17.4 Å².